The van der Waals surface area contributed by atoms with Crippen molar-refractivity contribution < 1.29 is 14.7 Å². The third-order valence-electron chi connectivity index (χ3n) is 5.65. The molecule has 1 N–H and O–H groups in total. The van der Waals surface area contributed by atoms with Gasteiger partial charge in [-0.3, -0.25) is 4.79 Å². The largest absolute Gasteiger partial charge is 0.469 e. The number of oxime groups is 1. The van der Waals surface area contributed by atoms with Gasteiger partial charge >= 0.3 is 5.97 Å². The molecule has 5 atom stereocenters. The second-order valence-corrected chi connectivity index (χ2v) is 6.32. The maximum Gasteiger partial charge on any atom is 0.308 e. The highest BCUT2D eigenvalue weighted by molar-refractivity contribution is 5.92. The van der Waals surface area contributed by atoms with Gasteiger partial charge in [0, 0.05) is 11.8 Å². The molecule has 0 aromatic carbocycles. The van der Waals surface area contributed by atoms with E-state index in [0.29, 0.717) is 23.7 Å². The van der Waals surface area contributed by atoms with Crippen LogP contribution in [0.1, 0.15) is 44.9 Å². The number of hydrogen-bond acceptors (Lipinski definition) is 4. The van der Waals surface area contributed by atoms with Gasteiger partial charge in [0.05, 0.1) is 18.7 Å². The average Bonchev–Trinajstić information content (AvgIpc) is 2.80. The van der Waals surface area contributed by atoms with Gasteiger partial charge in [-0.15, -0.1) is 0 Å². The molecule has 0 aromatic rings. The van der Waals surface area contributed by atoms with E-state index in [4.69, 9.17) is 4.74 Å². The summed E-state index contributed by atoms with van der Waals surface area (Å²) in [6, 6.07) is 0. The van der Waals surface area contributed by atoms with Crippen LogP contribution in [0.4, 0.5) is 0 Å². The fraction of sp³-hybridized carbons (Fsp3) is 0.867. The zero-order chi connectivity index (χ0) is 13.4. The van der Waals surface area contributed by atoms with Crippen molar-refractivity contribution in [3.8, 4) is 0 Å². The highest BCUT2D eigenvalue weighted by atomic mass is 16.5. The predicted octanol–water partition coefficient (Wildman–Crippen LogP) is 2.84. The number of carbonyl (C=O) groups excluding carboxylic acids is 1. The minimum Gasteiger partial charge on any atom is -0.469 e. The molecule has 19 heavy (non-hydrogen) atoms. The minimum atomic E-state index is -0.0572. The van der Waals surface area contributed by atoms with Crippen molar-refractivity contribution in [2.75, 3.05) is 7.11 Å². The Balaban J connectivity index is 1.93. The van der Waals surface area contributed by atoms with Gasteiger partial charge in [-0.25, -0.2) is 0 Å². The van der Waals surface area contributed by atoms with E-state index in [2.05, 4.69) is 5.16 Å². The number of esters is 1. The van der Waals surface area contributed by atoms with Crippen LogP contribution in [-0.4, -0.2) is 24.0 Å². The Morgan fingerprint density at radius 2 is 1.89 bits per heavy atom. The molecule has 3 saturated carbocycles. The summed E-state index contributed by atoms with van der Waals surface area (Å²) in [5, 5.41) is 13.0. The molecule has 3 aliphatic rings. The first-order chi connectivity index (χ1) is 9.27. The maximum atomic E-state index is 12.1. The van der Waals surface area contributed by atoms with E-state index in [-0.39, 0.29) is 11.9 Å². The quantitative estimate of drug-likeness (QED) is 0.450. The summed E-state index contributed by atoms with van der Waals surface area (Å²) in [6.07, 6.45) is 7.84. The molecule has 3 rings (SSSR count). The number of nitrogens with zero attached hydrogens (tertiary/aromatic N) is 1. The lowest BCUT2D eigenvalue weighted by Gasteiger charge is -2.36. The lowest BCUT2D eigenvalue weighted by Crippen LogP contribution is -2.36. The Morgan fingerprint density at radius 3 is 2.63 bits per heavy atom. The van der Waals surface area contributed by atoms with Crippen LogP contribution < -0.4 is 0 Å². The summed E-state index contributed by atoms with van der Waals surface area (Å²) >= 11 is 0. The van der Waals surface area contributed by atoms with Crippen molar-refractivity contribution in [2.24, 2.45) is 34.7 Å². The molecule has 4 nitrogen and oxygen atoms in total. The van der Waals surface area contributed by atoms with Gasteiger partial charge in [-0.1, -0.05) is 24.4 Å². The van der Waals surface area contributed by atoms with Crippen molar-refractivity contribution in [1.82, 2.24) is 0 Å². The van der Waals surface area contributed by atoms with Gasteiger partial charge in [-0.2, -0.15) is 0 Å². The number of ether oxygens (including phenoxy) is 1. The van der Waals surface area contributed by atoms with Gasteiger partial charge < -0.3 is 9.94 Å². The van der Waals surface area contributed by atoms with E-state index in [0.717, 1.165) is 31.4 Å². The molecule has 4 heteroatoms. The first-order valence-corrected chi connectivity index (χ1v) is 7.57. The molecule has 0 amide bonds. The topological polar surface area (TPSA) is 58.9 Å². The van der Waals surface area contributed by atoms with Crippen LogP contribution in [0.5, 0.6) is 0 Å². The van der Waals surface area contributed by atoms with Crippen molar-refractivity contribution in [1.29, 1.82) is 0 Å². The Labute approximate surface area is 114 Å². The Kier molecular flexibility index (Phi) is 3.50. The molecule has 106 valence electrons. The monoisotopic (exact) mass is 265 g/mol. The highest BCUT2D eigenvalue weighted by Gasteiger charge is 2.54. The molecular formula is C15H23NO3. The Morgan fingerprint density at radius 1 is 1.16 bits per heavy atom. The normalized spacial score (nSPS) is 43.6. The summed E-state index contributed by atoms with van der Waals surface area (Å²) in [6.45, 7) is 0. The van der Waals surface area contributed by atoms with Crippen LogP contribution in [-0.2, 0) is 9.53 Å². The van der Waals surface area contributed by atoms with E-state index in [1.807, 2.05) is 0 Å². The SMILES string of the molecule is COC(=O)C1CCCC2/C(=N/O)C3CCCCC3C12. The zero-order valence-electron chi connectivity index (χ0n) is 11.5. The minimum absolute atomic E-state index is 0.0219. The van der Waals surface area contributed by atoms with Crippen molar-refractivity contribution in [2.45, 2.75) is 44.9 Å². The zero-order valence-corrected chi connectivity index (χ0v) is 11.5. The predicted molar refractivity (Wildman–Crippen MR) is 71.0 cm³/mol. The lowest BCUT2D eigenvalue weighted by molar-refractivity contribution is -0.150. The van der Waals surface area contributed by atoms with Crippen LogP contribution in [0.25, 0.3) is 0 Å². The van der Waals surface area contributed by atoms with Crippen LogP contribution in [0.15, 0.2) is 5.16 Å². The Hall–Kier alpha value is -1.06. The van der Waals surface area contributed by atoms with Crippen molar-refractivity contribution in [3.05, 3.63) is 0 Å². The van der Waals surface area contributed by atoms with Gasteiger partial charge in [0.25, 0.3) is 0 Å². The fourth-order valence-electron chi connectivity index (χ4n) is 5.00. The molecule has 0 aliphatic heterocycles. The summed E-state index contributed by atoms with van der Waals surface area (Å²) < 4.78 is 5.01. The van der Waals surface area contributed by atoms with Crippen LogP contribution in [0.2, 0.25) is 0 Å². The maximum absolute atomic E-state index is 12.1. The second kappa shape index (κ2) is 5.14. The van der Waals surface area contributed by atoms with Crippen molar-refractivity contribution >= 4 is 11.7 Å². The number of methoxy groups -OCH3 is 1. The first kappa shape index (κ1) is 12.9. The third-order valence-corrected chi connectivity index (χ3v) is 5.65. The molecule has 0 radical (unpaired) electrons. The van der Waals surface area contributed by atoms with Gasteiger partial charge in [0.1, 0.15) is 0 Å². The highest BCUT2D eigenvalue weighted by Crippen LogP contribution is 2.54. The van der Waals surface area contributed by atoms with Crippen LogP contribution in [0, 0.1) is 29.6 Å². The standard InChI is InChI=1S/C15H23NO3/c1-19-15(17)12-8-4-7-11-13(12)9-5-2-3-6-10(9)14(11)16-18/h9-13,18H,2-8H2,1H3/b16-14+. The second-order valence-electron chi connectivity index (χ2n) is 6.32. The molecule has 3 aliphatic carbocycles. The van der Waals surface area contributed by atoms with Crippen LogP contribution >= 0.6 is 0 Å². The first-order valence-electron chi connectivity index (χ1n) is 7.57. The molecule has 0 saturated heterocycles. The van der Waals surface area contributed by atoms with E-state index in [1.165, 1.54) is 26.4 Å². The van der Waals surface area contributed by atoms with Crippen molar-refractivity contribution in [3.63, 3.8) is 0 Å². The molecule has 0 bridgehead atoms. The number of carbonyl (C=O) groups is 1. The molecule has 0 aromatic heterocycles. The summed E-state index contributed by atoms with van der Waals surface area (Å²) in [5.74, 6) is 1.59. The summed E-state index contributed by atoms with van der Waals surface area (Å²) in [4.78, 5) is 12.1. The number of rotatable bonds is 1. The van der Waals surface area contributed by atoms with E-state index < -0.39 is 0 Å². The average molecular weight is 265 g/mol. The van der Waals surface area contributed by atoms with E-state index in [1.54, 1.807) is 0 Å². The Bertz CT molecular complexity index is 393. The summed E-state index contributed by atoms with van der Waals surface area (Å²) in [7, 11) is 1.49. The molecule has 0 spiro atoms. The smallest absolute Gasteiger partial charge is 0.308 e. The van der Waals surface area contributed by atoms with E-state index >= 15 is 0 Å². The molecule has 5 unspecified atom stereocenters. The summed E-state index contributed by atoms with van der Waals surface area (Å²) in [5.41, 5.74) is 0.989. The molecule has 3 fully saturated rings. The lowest BCUT2D eigenvalue weighted by atomic mass is 9.68. The molecule has 0 heterocycles. The van der Waals surface area contributed by atoms with Gasteiger partial charge in [0.15, 0.2) is 0 Å². The van der Waals surface area contributed by atoms with E-state index in [9.17, 15) is 10.0 Å². The van der Waals surface area contributed by atoms with Gasteiger partial charge in [0.2, 0.25) is 0 Å². The fourth-order valence-corrected chi connectivity index (χ4v) is 5.00. The third kappa shape index (κ3) is 1.96. The number of fused-ring (bicyclic) bond motifs is 3. The molecular weight excluding hydrogens is 242 g/mol. The van der Waals surface area contributed by atoms with Gasteiger partial charge in [-0.05, 0) is 37.5 Å². The van der Waals surface area contributed by atoms with Crippen LogP contribution in [0.3, 0.4) is 0 Å². The number of hydrogen-bond donors (Lipinski definition) is 1.